The summed E-state index contributed by atoms with van der Waals surface area (Å²) in [6.07, 6.45) is 3.37. The van der Waals surface area contributed by atoms with E-state index in [1.54, 1.807) is 0 Å². The zero-order valence-electron chi connectivity index (χ0n) is 13.2. The van der Waals surface area contributed by atoms with Crippen LogP contribution in [0.5, 0.6) is 0 Å². The Bertz CT molecular complexity index is 167. The molecule has 0 aromatic carbocycles. The van der Waals surface area contributed by atoms with Gasteiger partial charge >= 0.3 is 0 Å². The highest BCUT2D eigenvalue weighted by molar-refractivity contribution is 4.59. The minimum absolute atomic E-state index is 0.0131. The molecule has 110 valence electrons. The Kier molecular flexibility index (Phi) is 8.83. The van der Waals surface area contributed by atoms with E-state index in [1.165, 1.54) is 0 Å². The summed E-state index contributed by atoms with van der Waals surface area (Å²) >= 11 is 0. The number of hydrogen-bond acceptors (Lipinski definition) is 3. The van der Waals surface area contributed by atoms with Crippen LogP contribution in [0.25, 0.3) is 0 Å². The number of ether oxygens (including phenoxy) is 3. The Balaban J connectivity index is 3.13. The van der Waals surface area contributed by atoms with Gasteiger partial charge in [0.05, 0.1) is 24.4 Å². The van der Waals surface area contributed by atoms with E-state index in [0.717, 1.165) is 32.5 Å². The van der Waals surface area contributed by atoms with Crippen molar-refractivity contribution in [3.05, 3.63) is 0 Å². The minimum atomic E-state index is -0.0619. The van der Waals surface area contributed by atoms with Crippen molar-refractivity contribution in [1.29, 1.82) is 0 Å². The van der Waals surface area contributed by atoms with E-state index in [1.807, 2.05) is 0 Å². The second-order valence-electron chi connectivity index (χ2n) is 6.59. The summed E-state index contributed by atoms with van der Waals surface area (Å²) in [4.78, 5) is 0. The quantitative estimate of drug-likeness (QED) is 0.590. The molecule has 0 atom stereocenters. The molecule has 0 spiro atoms. The maximum atomic E-state index is 5.65. The van der Waals surface area contributed by atoms with E-state index in [0.29, 0.717) is 13.2 Å². The van der Waals surface area contributed by atoms with Crippen LogP contribution in [-0.4, -0.2) is 37.6 Å². The fourth-order valence-electron chi connectivity index (χ4n) is 1.37. The molecular formula is C15H32O3. The molecule has 0 aliphatic carbocycles. The standard InChI is InChI=1S/C15H32O3/c1-14(2,3)17-11-9-7-8-10-16-12-13-18-15(4,5)6/h7-13H2,1-6H3. The molecule has 0 aliphatic rings. The lowest BCUT2D eigenvalue weighted by molar-refractivity contribution is -0.0358. The predicted octanol–water partition coefficient (Wildman–Crippen LogP) is 3.80. The van der Waals surface area contributed by atoms with Gasteiger partial charge in [0.2, 0.25) is 0 Å². The second-order valence-corrected chi connectivity index (χ2v) is 6.59. The lowest BCUT2D eigenvalue weighted by Crippen LogP contribution is -2.22. The maximum absolute atomic E-state index is 5.65. The first-order valence-electron chi connectivity index (χ1n) is 7.06. The van der Waals surface area contributed by atoms with Crippen molar-refractivity contribution in [1.82, 2.24) is 0 Å². The Hall–Kier alpha value is -0.120. The van der Waals surface area contributed by atoms with Crippen LogP contribution in [0.2, 0.25) is 0 Å². The molecule has 0 fully saturated rings. The molecule has 0 bridgehead atoms. The topological polar surface area (TPSA) is 27.7 Å². The third-order valence-corrected chi connectivity index (χ3v) is 2.23. The van der Waals surface area contributed by atoms with Gasteiger partial charge in [0, 0.05) is 13.2 Å². The van der Waals surface area contributed by atoms with Gasteiger partial charge in [-0.2, -0.15) is 0 Å². The molecule has 3 nitrogen and oxygen atoms in total. The van der Waals surface area contributed by atoms with Crippen molar-refractivity contribution in [3.63, 3.8) is 0 Å². The Morgan fingerprint density at radius 1 is 0.556 bits per heavy atom. The third-order valence-electron chi connectivity index (χ3n) is 2.23. The predicted molar refractivity (Wildman–Crippen MR) is 76.1 cm³/mol. The first kappa shape index (κ1) is 17.9. The zero-order valence-corrected chi connectivity index (χ0v) is 13.2. The van der Waals surface area contributed by atoms with Crippen LogP contribution in [0.3, 0.4) is 0 Å². The Labute approximate surface area is 113 Å². The molecule has 0 radical (unpaired) electrons. The first-order chi connectivity index (χ1) is 8.21. The van der Waals surface area contributed by atoms with Gasteiger partial charge in [-0.15, -0.1) is 0 Å². The summed E-state index contributed by atoms with van der Waals surface area (Å²) in [5.74, 6) is 0. The summed E-state index contributed by atoms with van der Waals surface area (Å²) in [5.41, 5.74) is -0.0750. The van der Waals surface area contributed by atoms with Crippen molar-refractivity contribution in [2.45, 2.75) is 72.0 Å². The summed E-state index contributed by atoms with van der Waals surface area (Å²) in [6.45, 7) is 15.5. The molecule has 0 amide bonds. The first-order valence-corrected chi connectivity index (χ1v) is 7.06. The van der Waals surface area contributed by atoms with E-state index in [4.69, 9.17) is 14.2 Å². The van der Waals surface area contributed by atoms with Gasteiger partial charge in [-0.05, 0) is 60.8 Å². The molecule has 18 heavy (non-hydrogen) atoms. The summed E-state index contributed by atoms with van der Waals surface area (Å²) in [7, 11) is 0. The van der Waals surface area contributed by atoms with Gasteiger partial charge in [0.1, 0.15) is 0 Å². The van der Waals surface area contributed by atoms with Crippen molar-refractivity contribution in [2.24, 2.45) is 0 Å². The SMILES string of the molecule is CC(C)(C)OCCCCCOCCOC(C)(C)C. The second kappa shape index (κ2) is 8.89. The molecule has 0 saturated heterocycles. The van der Waals surface area contributed by atoms with Crippen LogP contribution < -0.4 is 0 Å². The van der Waals surface area contributed by atoms with Crippen LogP contribution >= 0.6 is 0 Å². The average molecular weight is 260 g/mol. The highest BCUT2D eigenvalue weighted by Gasteiger charge is 2.09. The van der Waals surface area contributed by atoms with Crippen molar-refractivity contribution in [2.75, 3.05) is 26.4 Å². The van der Waals surface area contributed by atoms with Crippen LogP contribution in [0.15, 0.2) is 0 Å². The van der Waals surface area contributed by atoms with Crippen LogP contribution in [0, 0.1) is 0 Å². The van der Waals surface area contributed by atoms with Crippen molar-refractivity contribution >= 4 is 0 Å². The highest BCUT2D eigenvalue weighted by Crippen LogP contribution is 2.08. The largest absolute Gasteiger partial charge is 0.379 e. The fraction of sp³-hybridized carbons (Fsp3) is 1.00. The Morgan fingerprint density at radius 3 is 1.61 bits per heavy atom. The van der Waals surface area contributed by atoms with Crippen molar-refractivity contribution < 1.29 is 14.2 Å². The van der Waals surface area contributed by atoms with E-state index >= 15 is 0 Å². The molecule has 0 heterocycles. The lowest BCUT2D eigenvalue weighted by Gasteiger charge is -2.19. The van der Waals surface area contributed by atoms with E-state index in [2.05, 4.69) is 41.5 Å². The van der Waals surface area contributed by atoms with Gasteiger partial charge < -0.3 is 14.2 Å². The lowest BCUT2D eigenvalue weighted by atomic mass is 10.2. The molecule has 0 aromatic rings. The van der Waals surface area contributed by atoms with Crippen LogP contribution in [0.4, 0.5) is 0 Å². The molecule has 0 aliphatic heterocycles. The molecule has 0 aromatic heterocycles. The Morgan fingerprint density at radius 2 is 1.06 bits per heavy atom. The van der Waals surface area contributed by atoms with Gasteiger partial charge in [0.25, 0.3) is 0 Å². The molecule has 0 rings (SSSR count). The van der Waals surface area contributed by atoms with E-state index in [-0.39, 0.29) is 11.2 Å². The normalized spacial score (nSPS) is 13.0. The summed E-state index contributed by atoms with van der Waals surface area (Å²) in [6, 6.07) is 0. The van der Waals surface area contributed by atoms with Gasteiger partial charge in [0.15, 0.2) is 0 Å². The molecular weight excluding hydrogens is 228 g/mol. The van der Waals surface area contributed by atoms with E-state index < -0.39 is 0 Å². The molecule has 0 saturated carbocycles. The van der Waals surface area contributed by atoms with Gasteiger partial charge in [-0.25, -0.2) is 0 Å². The number of hydrogen-bond donors (Lipinski definition) is 0. The summed E-state index contributed by atoms with van der Waals surface area (Å²) < 4.78 is 16.7. The molecule has 3 heteroatoms. The van der Waals surface area contributed by atoms with Crippen molar-refractivity contribution in [3.8, 4) is 0 Å². The zero-order chi connectivity index (χ0) is 14.1. The third kappa shape index (κ3) is 15.9. The highest BCUT2D eigenvalue weighted by atomic mass is 16.5. The van der Waals surface area contributed by atoms with Crippen LogP contribution in [-0.2, 0) is 14.2 Å². The van der Waals surface area contributed by atoms with E-state index in [9.17, 15) is 0 Å². The number of rotatable bonds is 9. The number of unbranched alkanes of at least 4 members (excludes halogenated alkanes) is 2. The summed E-state index contributed by atoms with van der Waals surface area (Å²) in [5, 5.41) is 0. The van der Waals surface area contributed by atoms with Gasteiger partial charge in [-0.1, -0.05) is 0 Å². The smallest absolute Gasteiger partial charge is 0.0707 e. The minimum Gasteiger partial charge on any atom is -0.379 e. The maximum Gasteiger partial charge on any atom is 0.0707 e. The van der Waals surface area contributed by atoms with Crippen LogP contribution in [0.1, 0.15) is 60.8 Å². The molecule has 0 N–H and O–H groups in total. The fourth-order valence-corrected chi connectivity index (χ4v) is 1.37. The monoisotopic (exact) mass is 260 g/mol. The van der Waals surface area contributed by atoms with Gasteiger partial charge in [-0.3, -0.25) is 0 Å². The molecule has 0 unspecified atom stereocenters. The average Bonchev–Trinajstić information content (AvgIpc) is 2.17.